The Morgan fingerprint density at radius 1 is 1.47 bits per heavy atom. The number of carboxylic acid groups (broad SMARTS) is 1. The number of hydrogen-bond acceptors (Lipinski definition) is 5. The Labute approximate surface area is 109 Å². The average molecular weight is 278 g/mol. The summed E-state index contributed by atoms with van der Waals surface area (Å²) in [5, 5.41) is 11.7. The van der Waals surface area contributed by atoms with Gasteiger partial charge in [0.05, 0.1) is 6.04 Å². The summed E-state index contributed by atoms with van der Waals surface area (Å²) in [6.45, 7) is 0.622. The van der Waals surface area contributed by atoms with Crippen molar-refractivity contribution >= 4 is 35.4 Å². The highest BCUT2D eigenvalue weighted by Gasteiger charge is 2.18. The van der Waals surface area contributed by atoms with E-state index in [0.717, 1.165) is 11.5 Å². The fourth-order valence-corrected chi connectivity index (χ4v) is 4.02. The van der Waals surface area contributed by atoms with E-state index in [4.69, 9.17) is 10.8 Å². The molecule has 0 aliphatic carbocycles. The van der Waals surface area contributed by atoms with E-state index in [1.807, 2.05) is 23.5 Å². The third-order valence-corrected chi connectivity index (χ3v) is 5.24. The molecule has 5 nitrogen and oxygen atoms in total. The largest absolute Gasteiger partial charge is 0.481 e. The zero-order chi connectivity index (χ0) is 12.7. The Kier molecular flexibility index (Phi) is 6.76. The van der Waals surface area contributed by atoms with Gasteiger partial charge in [-0.05, 0) is 6.42 Å². The van der Waals surface area contributed by atoms with Crippen LogP contribution in [0.4, 0.5) is 0 Å². The molecule has 0 radical (unpaired) electrons. The van der Waals surface area contributed by atoms with Crippen LogP contribution >= 0.6 is 23.5 Å². The first-order chi connectivity index (χ1) is 8.09. The van der Waals surface area contributed by atoms with Crippen molar-refractivity contribution in [2.75, 3.05) is 23.8 Å². The van der Waals surface area contributed by atoms with E-state index in [0.29, 0.717) is 11.8 Å². The Hall–Kier alpha value is -0.400. The van der Waals surface area contributed by atoms with Gasteiger partial charge in [-0.3, -0.25) is 9.59 Å². The van der Waals surface area contributed by atoms with Crippen molar-refractivity contribution in [1.82, 2.24) is 5.32 Å². The van der Waals surface area contributed by atoms with Crippen LogP contribution in [0.5, 0.6) is 0 Å². The summed E-state index contributed by atoms with van der Waals surface area (Å²) in [4.78, 5) is 21.9. The van der Waals surface area contributed by atoms with Crippen LogP contribution in [0.2, 0.25) is 0 Å². The van der Waals surface area contributed by atoms with Gasteiger partial charge in [-0.25, -0.2) is 0 Å². The van der Waals surface area contributed by atoms with Crippen LogP contribution in [0, 0.1) is 0 Å². The number of hydrogen-bond donors (Lipinski definition) is 3. The van der Waals surface area contributed by atoms with Crippen molar-refractivity contribution in [2.45, 2.75) is 24.1 Å². The van der Waals surface area contributed by atoms with Gasteiger partial charge in [-0.15, -0.1) is 0 Å². The summed E-state index contributed by atoms with van der Waals surface area (Å²) in [5.41, 5.74) is 5.59. The van der Waals surface area contributed by atoms with Crippen molar-refractivity contribution in [3.05, 3.63) is 0 Å². The van der Waals surface area contributed by atoms with Crippen molar-refractivity contribution < 1.29 is 14.7 Å². The predicted molar refractivity (Wildman–Crippen MR) is 71.4 cm³/mol. The monoisotopic (exact) mass is 278 g/mol. The fraction of sp³-hybridized carbons (Fsp3) is 0.800. The highest BCUT2D eigenvalue weighted by atomic mass is 32.2. The third kappa shape index (κ3) is 6.18. The number of carboxylic acids is 1. The van der Waals surface area contributed by atoms with Gasteiger partial charge in [0.2, 0.25) is 5.91 Å². The van der Waals surface area contributed by atoms with Crippen LogP contribution in [0.25, 0.3) is 0 Å². The number of nitrogens with one attached hydrogen (secondary N) is 1. The van der Waals surface area contributed by atoms with E-state index >= 15 is 0 Å². The number of thioether (sulfide) groups is 2. The maximum atomic E-state index is 11.6. The van der Waals surface area contributed by atoms with Crippen LogP contribution in [-0.2, 0) is 9.59 Å². The second kappa shape index (κ2) is 7.84. The molecule has 0 aromatic heterocycles. The number of amides is 1. The maximum absolute atomic E-state index is 11.6. The first-order valence-corrected chi connectivity index (χ1v) is 7.74. The molecule has 17 heavy (non-hydrogen) atoms. The fourth-order valence-electron chi connectivity index (χ4n) is 1.41. The second-order valence-corrected chi connectivity index (χ2v) is 6.41. The lowest BCUT2D eigenvalue weighted by atomic mass is 10.1. The molecule has 1 aliphatic rings. The first-order valence-electron chi connectivity index (χ1n) is 5.54. The lowest BCUT2D eigenvalue weighted by Crippen LogP contribution is -2.43. The molecule has 0 aromatic rings. The van der Waals surface area contributed by atoms with Crippen LogP contribution in [-0.4, -0.2) is 52.1 Å². The molecule has 1 fully saturated rings. The predicted octanol–water partition coefficient (Wildman–Crippen LogP) is 0.143. The molecule has 2 atom stereocenters. The SMILES string of the molecule is NC(CCC(=O)O)C(=O)NCC1CSCCS1. The molecule has 4 N–H and O–H groups in total. The number of aliphatic carboxylic acids is 1. The highest BCUT2D eigenvalue weighted by molar-refractivity contribution is 8.06. The van der Waals surface area contributed by atoms with E-state index in [1.54, 1.807) is 0 Å². The maximum Gasteiger partial charge on any atom is 0.303 e. The van der Waals surface area contributed by atoms with Crippen LogP contribution in [0.15, 0.2) is 0 Å². The highest BCUT2D eigenvalue weighted by Crippen LogP contribution is 2.23. The molecule has 0 bridgehead atoms. The summed E-state index contributed by atoms with van der Waals surface area (Å²) in [6.07, 6.45) is 0.121. The molecule has 0 saturated carbocycles. The quantitative estimate of drug-likeness (QED) is 0.640. The summed E-state index contributed by atoms with van der Waals surface area (Å²) < 4.78 is 0. The smallest absolute Gasteiger partial charge is 0.303 e. The minimum absolute atomic E-state index is 0.0668. The van der Waals surface area contributed by atoms with Crippen LogP contribution in [0.3, 0.4) is 0 Å². The zero-order valence-corrected chi connectivity index (χ0v) is 11.2. The van der Waals surface area contributed by atoms with Gasteiger partial charge in [0.15, 0.2) is 0 Å². The molecule has 1 saturated heterocycles. The molecule has 2 unspecified atom stereocenters. The summed E-state index contributed by atoms with van der Waals surface area (Å²) in [5.74, 6) is 2.17. The topological polar surface area (TPSA) is 92.4 Å². The Morgan fingerprint density at radius 2 is 2.24 bits per heavy atom. The van der Waals surface area contributed by atoms with Crippen molar-refractivity contribution in [3.63, 3.8) is 0 Å². The lowest BCUT2D eigenvalue weighted by Gasteiger charge is -2.22. The Balaban J connectivity index is 2.16. The average Bonchev–Trinajstić information content (AvgIpc) is 2.34. The van der Waals surface area contributed by atoms with Gasteiger partial charge in [0.25, 0.3) is 0 Å². The van der Waals surface area contributed by atoms with Gasteiger partial charge in [0, 0.05) is 35.5 Å². The first kappa shape index (κ1) is 14.7. The molecular formula is C10H18N2O3S2. The van der Waals surface area contributed by atoms with Gasteiger partial charge < -0.3 is 16.2 Å². The van der Waals surface area contributed by atoms with E-state index < -0.39 is 12.0 Å². The standard InChI is InChI=1S/C10H18N2O3S2/c11-8(1-2-9(13)14)10(15)12-5-7-6-16-3-4-17-7/h7-8H,1-6,11H2,(H,12,15)(H,13,14). The van der Waals surface area contributed by atoms with Gasteiger partial charge >= 0.3 is 5.97 Å². The van der Waals surface area contributed by atoms with E-state index in [9.17, 15) is 9.59 Å². The van der Waals surface area contributed by atoms with E-state index in [-0.39, 0.29) is 18.7 Å². The Morgan fingerprint density at radius 3 is 2.82 bits per heavy atom. The number of rotatable bonds is 6. The van der Waals surface area contributed by atoms with Gasteiger partial charge in [-0.1, -0.05) is 0 Å². The number of nitrogens with two attached hydrogens (primary N) is 1. The van der Waals surface area contributed by atoms with E-state index in [1.165, 1.54) is 5.75 Å². The second-order valence-electron chi connectivity index (χ2n) is 3.85. The molecule has 1 aliphatic heterocycles. The summed E-state index contributed by atoms with van der Waals surface area (Å²) in [7, 11) is 0. The van der Waals surface area contributed by atoms with Crippen molar-refractivity contribution in [3.8, 4) is 0 Å². The third-order valence-electron chi connectivity index (χ3n) is 2.39. The Bertz CT molecular complexity index is 270. The molecule has 1 amide bonds. The minimum Gasteiger partial charge on any atom is -0.481 e. The lowest BCUT2D eigenvalue weighted by molar-refractivity contribution is -0.137. The van der Waals surface area contributed by atoms with Gasteiger partial charge in [-0.2, -0.15) is 23.5 Å². The molecular weight excluding hydrogens is 260 g/mol. The van der Waals surface area contributed by atoms with Gasteiger partial charge in [0.1, 0.15) is 0 Å². The number of carbonyl (C=O) groups excluding carboxylic acids is 1. The minimum atomic E-state index is -0.924. The molecule has 1 rings (SSSR count). The number of carbonyl (C=O) groups is 2. The van der Waals surface area contributed by atoms with Crippen molar-refractivity contribution in [1.29, 1.82) is 0 Å². The zero-order valence-electron chi connectivity index (χ0n) is 9.55. The normalized spacial score (nSPS) is 21.8. The van der Waals surface area contributed by atoms with Crippen LogP contribution in [0.1, 0.15) is 12.8 Å². The van der Waals surface area contributed by atoms with E-state index in [2.05, 4.69) is 5.32 Å². The van der Waals surface area contributed by atoms with Crippen LogP contribution < -0.4 is 11.1 Å². The molecule has 7 heteroatoms. The summed E-state index contributed by atoms with van der Waals surface area (Å²) >= 11 is 3.76. The molecule has 98 valence electrons. The van der Waals surface area contributed by atoms with Crippen molar-refractivity contribution in [2.24, 2.45) is 5.73 Å². The molecule has 0 aromatic carbocycles. The molecule has 0 spiro atoms. The summed E-state index contributed by atoms with van der Waals surface area (Å²) in [6, 6.07) is -0.715. The molecule has 1 heterocycles.